The number of pyridine rings is 1. The van der Waals surface area contributed by atoms with Crippen LogP contribution in [0.5, 0.6) is 0 Å². The largest absolute Gasteiger partial charge is 0.478 e. The van der Waals surface area contributed by atoms with Crippen LogP contribution in [-0.2, 0) is 10.0 Å². The zero-order valence-electron chi connectivity index (χ0n) is 11.9. The number of hydrogen-bond donors (Lipinski definition) is 1. The van der Waals surface area contributed by atoms with Crippen molar-refractivity contribution in [1.29, 1.82) is 0 Å². The average molecular weight is 442 g/mol. The Hall–Kier alpha value is -1.94. The van der Waals surface area contributed by atoms with Crippen LogP contribution in [0.4, 0.5) is 0 Å². The van der Waals surface area contributed by atoms with Crippen LogP contribution in [0, 0.1) is 10.6 Å². The summed E-state index contributed by atoms with van der Waals surface area (Å²) in [4.78, 5) is 15.5. The molecule has 1 N–H and O–H groups in total. The van der Waals surface area contributed by atoms with Crippen molar-refractivity contribution in [2.24, 2.45) is 0 Å². The number of hydrogen-bond acceptors (Lipinski definition) is 4. The Morgan fingerprint density at radius 2 is 1.87 bits per heavy atom. The van der Waals surface area contributed by atoms with Gasteiger partial charge in [0.2, 0.25) is 0 Å². The van der Waals surface area contributed by atoms with E-state index in [2.05, 4.69) is 4.98 Å². The van der Waals surface area contributed by atoms with Gasteiger partial charge >= 0.3 is 5.97 Å². The minimum atomic E-state index is -3.86. The molecule has 0 saturated carbocycles. The summed E-state index contributed by atoms with van der Waals surface area (Å²) in [5, 5.41) is 9.54. The van der Waals surface area contributed by atoms with E-state index in [-0.39, 0.29) is 16.1 Å². The first-order valence-corrected chi connectivity index (χ1v) is 9.06. The smallest absolute Gasteiger partial charge is 0.336 e. The number of aryl methyl sites for hydroxylation is 1. The Kier molecular flexibility index (Phi) is 3.88. The monoisotopic (exact) mass is 442 g/mol. The number of carboxylic acids is 1. The van der Waals surface area contributed by atoms with Gasteiger partial charge in [-0.25, -0.2) is 22.2 Å². The Balaban J connectivity index is 2.32. The molecule has 0 bridgehead atoms. The maximum absolute atomic E-state index is 12.9. The van der Waals surface area contributed by atoms with E-state index in [1.54, 1.807) is 12.1 Å². The fourth-order valence-electron chi connectivity index (χ4n) is 2.28. The second-order valence-electron chi connectivity index (χ2n) is 4.95. The van der Waals surface area contributed by atoms with Crippen LogP contribution in [0.25, 0.3) is 11.0 Å². The van der Waals surface area contributed by atoms with Crippen molar-refractivity contribution in [3.05, 3.63) is 57.4 Å². The predicted octanol–water partition coefficient (Wildman–Crippen LogP) is 2.88. The van der Waals surface area contributed by atoms with Gasteiger partial charge in [0.1, 0.15) is 0 Å². The molecule has 0 aliphatic heterocycles. The lowest BCUT2D eigenvalue weighted by atomic mass is 10.2. The first kappa shape index (κ1) is 15.9. The Morgan fingerprint density at radius 3 is 2.48 bits per heavy atom. The molecule has 2 aromatic heterocycles. The molecule has 0 spiro atoms. The first-order valence-electron chi connectivity index (χ1n) is 6.54. The standard InChI is InChI=1S/C15H11IN2O4S/c1-9-2-4-10(5-3-9)23(21,22)18-13(16)8-12-11(15(19)20)6-7-17-14(12)18/h2-8H,1H3,(H,19,20). The Bertz CT molecular complexity index is 1020. The van der Waals surface area contributed by atoms with Crippen LogP contribution in [-0.4, -0.2) is 28.5 Å². The zero-order chi connectivity index (χ0) is 16.8. The number of fused-ring (bicyclic) bond motifs is 1. The quantitative estimate of drug-likeness (QED) is 0.631. The molecule has 1 aromatic carbocycles. The molecule has 3 rings (SSSR count). The predicted molar refractivity (Wildman–Crippen MR) is 93.2 cm³/mol. The molecule has 118 valence electrons. The normalized spacial score (nSPS) is 11.7. The van der Waals surface area contributed by atoms with Crippen LogP contribution in [0.15, 0.2) is 47.5 Å². The molecule has 0 radical (unpaired) electrons. The van der Waals surface area contributed by atoms with Gasteiger partial charge in [-0.1, -0.05) is 17.7 Å². The molecule has 0 fully saturated rings. The third-order valence-electron chi connectivity index (χ3n) is 3.41. The number of aromatic carboxylic acids is 1. The molecule has 0 amide bonds. The summed E-state index contributed by atoms with van der Waals surface area (Å²) in [5.41, 5.74) is 1.07. The van der Waals surface area contributed by atoms with Gasteiger partial charge in [0, 0.05) is 11.6 Å². The summed E-state index contributed by atoms with van der Waals surface area (Å²) in [6, 6.07) is 9.33. The third kappa shape index (κ3) is 2.61. The van der Waals surface area contributed by atoms with Gasteiger partial charge < -0.3 is 5.11 Å². The van der Waals surface area contributed by atoms with Crippen LogP contribution in [0.3, 0.4) is 0 Å². The van der Waals surface area contributed by atoms with E-state index in [4.69, 9.17) is 0 Å². The van der Waals surface area contributed by atoms with Gasteiger partial charge in [0.15, 0.2) is 5.65 Å². The molecule has 0 saturated heterocycles. The van der Waals surface area contributed by atoms with Crippen molar-refractivity contribution < 1.29 is 18.3 Å². The summed E-state index contributed by atoms with van der Waals surface area (Å²) in [6.45, 7) is 1.87. The highest BCUT2D eigenvalue weighted by atomic mass is 127. The van der Waals surface area contributed by atoms with Crippen molar-refractivity contribution in [2.45, 2.75) is 11.8 Å². The second kappa shape index (κ2) is 5.60. The van der Waals surface area contributed by atoms with Gasteiger partial charge in [0.25, 0.3) is 10.0 Å². The van der Waals surface area contributed by atoms with Gasteiger partial charge in [-0.2, -0.15) is 0 Å². The number of carbonyl (C=O) groups is 1. The molecule has 2 heterocycles. The lowest BCUT2D eigenvalue weighted by Gasteiger charge is -2.09. The molecule has 3 aromatic rings. The van der Waals surface area contributed by atoms with Crippen molar-refractivity contribution in [2.75, 3.05) is 0 Å². The van der Waals surface area contributed by atoms with Crippen LogP contribution < -0.4 is 0 Å². The van der Waals surface area contributed by atoms with E-state index in [1.807, 2.05) is 29.5 Å². The third-order valence-corrected chi connectivity index (χ3v) is 6.25. The maximum Gasteiger partial charge on any atom is 0.336 e. The van der Waals surface area contributed by atoms with E-state index in [0.717, 1.165) is 9.54 Å². The van der Waals surface area contributed by atoms with E-state index < -0.39 is 16.0 Å². The van der Waals surface area contributed by atoms with Gasteiger partial charge in [-0.3, -0.25) is 0 Å². The topological polar surface area (TPSA) is 89.3 Å². The molecule has 23 heavy (non-hydrogen) atoms. The highest BCUT2D eigenvalue weighted by Crippen LogP contribution is 2.27. The molecule has 0 atom stereocenters. The number of nitrogens with zero attached hydrogens (tertiary/aromatic N) is 2. The van der Waals surface area contributed by atoms with Crippen LogP contribution in [0.1, 0.15) is 15.9 Å². The van der Waals surface area contributed by atoms with E-state index in [9.17, 15) is 18.3 Å². The Morgan fingerprint density at radius 1 is 1.22 bits per heavy atom. The molecule has 8 heteroatoms. The van der Waals surface area contributed by atoms with Crippen LogP contribution >= 0.6 is 22.6 Å². The van der Waals surface area contributed by atoms with Crippen molar-refractivity contribution in [1.82, 2.24) is 8.96 Å². The molecule has 0 aliphatic carbocycles. The first-order chi connectivity index (χ1) is 10.8. The number of benzene rings is 1. The van der Waals surface area contributed by atoms with Crippen molar-refractivity contribution in [3.63, 3.8) is 0 Å². The van der Waals surface area contributed by atoms with E-state index in [1.165, 1.54) is 30.5 Å². The fraction of sp³-hybridized carbons (Fsp3) is 0.0667. The fourth-order valence-corrected chi connectivity index (χ4v) is 4.94. The highest BCUT2D eigenvalue weighted by Gasteiger charge is 2.25. The molecule has 6 nitrogen and oxygen atoms in total. The van der Waals surface area contributed by atoms with Gasteiger partial charge in [-0.15, -0.1) is 0 Å². The molecule has 0 unspecified atom stereocenters. The number of rotatable bonds is 3. The lowest BCUT2D eigenvalue weighted by molar-refractivity contribution is 0.0699. The Labute approximate surface area is 146 Å². The summed E-state index contributed by atoms with van der Waals surface area (Å²) in [6.07, 6.45) is 1.29. The molecule has 0 aliphatic rings. The van der Waals surface area contributed by atoms with Gasteiger partial charge in [-0.05, 0) is 53.8 Å². The molecular weight excluding hydrogens is 431 g/mol. The summed E-state index contributed by atoms with van der Waals surface area (Å²) in [5.74, 6) is -1.13. The number of halogens is 1. The zero-order valence-corrected chi connectivity index (χ0v) is 14.9. The van der Waals surface area contributed by atoms with Gasteiger partial charge in [0.05, 0.1) is 14.2 Å². The minimum Gasteiger partial charge on any atom is -0.478 e. The second-order valence-corrected chi connectivity index (χ2v) is 7.84. The minimum absolute atomic E-state index is 0.0192. The average Bonchev–Trinajstić information content (AvgIpc) is 2.83. The SMILES string of the molecule is Cc1ccc(S(=O)(=O)n2c(I)cc3c(C(=O)O)ccnc32)cc1. The highest BCUT2D eigenvalue weighted by molar-refractivity contribution is 14.1. The summed E-state index contributed by atoms with van der Waals surface area (Å²) in [7, 11) is -3.86. The van der Waals surface area contributed by atoms with Crippen molar-refractivity contribution in [3.8, 4) is 0 Å². The number of aromatic nitrogens is 2. The maximum atomic E-state index is 12.9. The number of carboxylic acid groups (broad SMARTS) is 1. The van der Waals surface area contributed by atoms with E-state index >= 15 is 0 Å². The lowest BCUT2D eigenvalue weighted by Crippen LogP contribution is -2.15. The summed E-state index contributed by atoms with van der Waals surface area (Å²) >= 11 is 1.86. The molecular formula is C15H11IN2O4S. The van der Waals surface area contributed by atoms with E-state index in [0.29, 0.717) is 9.09 Å². The summed E-state index contributed by atoms with van der Waals surface area (Å²) < 4.78 is 27.2. The van der Waals surface area contributed by atoms with Crippen molar-refractivity contribution >= 4 is 49.6 Å². The van der Waals surface area contributed by atoms with Crippen LogP contribution in [0.2, 0.25) is 0 Å².